The van der Waals surface area contributed by atoms with Crippen molar-refractivity contribution in [2.75, 3.05) is 20.3 Å². The van der Waals surface area contributed by atoms with Crippen LogP contribution in [-0.2, 0) is 4.74 Å². The standard InChI is InChI=1S/C16H24FNO2/c1-16(19,9-10-20-2)11-18-15(12-3-4-12)13-5-7-14(17)8-6-13/h5-8,12,15,18-19H,3-4,9-11H2,1-2H3. The SMILES string of the molecule is COCCC(C)(O)CNC(c1ccc(F)cc1)C1CC1. The van der Waals surface area contributed by atoms with Crippen LogP contribution < -0.4 is 5.32 Å². The highest BCUT2D eigenvalue weighted by Gasteiger charge is 2.33. The van der Waals surface area contributed by atoms with Crippen LogP contribution in [0.1, 0.15) is 37.8 Å². The molecule has 0 heterocycles. The van der Waals surface area contributed by atoms with Crippen LogP contribution in [0, 0.1) is 11.7 Å². The maximum absolute atomic E-state index is 13.0. The van der Waals surface area contributed by atoms with E-state index in [1.807, 2.05) is 19.1 Å². The summed E-state index contributed by atoms with van der Waals surface area (Å²) in [7, 11) is 1.63. The molecular weight excluding hydrogens is 257 g/mol. The Hall–Kier alpha value is -0.970. The Morgan fingerprint density at radius 2 is 2.05 bits per heavy atom. The first kappa shape index (κ1) is 15.4. The summed E-state index contributed by atoms with van der Waals surface area (Å²) in [6.07, 6.45) is 2.97. The Bertz CT molecular complexity index is 415. The zero-order chi connectivity index (χ0) is 14.6. The lowest BCUT2D eigenvalue weighted by atomic mass is 9.98. The molecule has 0 radical (unpaired) electrons. The van der Waals surface area contributed by atoms with Crippen LogP contribution in [0.4, 0.5) is 4.39 Å². The third-order valence-electron chi connectivity index (χ3n) is 3.87. The van der Waals surface area contributed by atoms with Crippen molar-refractivity contribution in [2.45, 2.75) is 37.8 Å². The van der Waals surface area contributed by atoms with Crippen LogP contribution >= 0.6 is 0 Å². The zero-order valence-corrected chi connectivity index (χ0v) is 12.2. The molecule has 0 saturated heterocycles. The van der Waals surface area contributed by atoms with E-state index in [0.29, 0.717) is 25.5 Å². The second-order valence-electron chi connectivity index (χ2n) is 5.99. The fourth-order valence-electron chi connectivity index (χ4n) is 2.40. The lowest BCUT2D eigenvalue weighted by molar-refractivity contribution is 0.0221. The smallest absolute Gasteiger partial charge is 0.123 e. The Morgan fingerprint density at radius 1 is 1.40 bits per heavy atom. The molecule has 0 aliphatic heterocycles. The van der Waals surface area contributed by atoms with Crippen LogP contribution in [0.25, 0.3) is 0 Å². The highest BCUT2D eigenvalue weighted by molar-refractivity contribution is 5.22. The number of ether oxygens (including phenoxy) is 1. The van der Waals surface area contributed by atoms with Crippen molar-refractivity contribution in [3.05, 3.63) is 35.6 Å². The number of hydrogen-bond acceptors (Lipinski definition) is 3. The normalized spacial score (nSPS) is 19.6. The van der Waals surface area contributed by atoms with Crippen LogP contribution in [0.5, 0.6) is 0 Å². The van der Waals surface area contributed by atoms with Gasteiger partial charge in [-0.3, -0.25) is 0 Å². The Kier molecular flexibility index (Phi) is 5.13. The number of halogens is 1. The lowest BCUT2D eigenvalue weighted by Gasteiger charge is -2.27. The van der Waals surface area contributed by atoms with E-state index in [2.05, 4.69) is 5.32 Å². The second-order valence-corrected chi connectivity index (χ2v) is 5.99. The van der Waals surface area contributed by atoms with E-state index >= 15 is 0 Å². The van der Waals surface area contributed by atoms with Crippen molar-refractivity contribution in [3.8, 4) is 0 Å². The summed E-state index contributed by atoms with van der Waals surface area (Å²) in [5.74, 6) is 0.383. The number of methoxy groups -OCH3 is 1. The first-order chi connectivity index (χ1) is 9.52. The molecule has 0 bridgehead atoms. The van der Waals surface area contributed by atoms with Gasteiger partial charge >= 0.3 is 0 Å². The minimum Gasteiger partial charge on any atom is -0.389 e. The molecule has 20 heavy (non-hydrogen) atoms. The molecule has 1 aliphatic carbocycles. The maximum Gasteiger partial charge on any atom is 0.123 e. The van der Waals surface area contributed by atoms with E-state index in [0.717, 1.165) is 5.56 Å². The molecule has 0 spiro atoms. The molecule has 2 atom stereocenters. The molecule has 2 unspecified atom stereocenters. The van der Waals surface area contributed by atoms with Gasteiger partial charge in [0.05, 0.1) is 5.60 Å². The molecule has 0 amide bonds. The van der Waals surface area contributed by atoms with Crippen molar-refractivity contribution in [1.29, 1.82) is 0 Å². The van der Waals surface area contributed by atoms with Crippen LogP contribution in [0.3, 0.4) is 0 Å². The molecule has 1 aliphatic rings. The molecule has 0 aromatic heterocycles. The van der Waals surface area contributed by atoms with Gasteiger partial charge in [-0.25, -0.2) is 4.39 Å². The molecule has 2 N–H and O–H groups in total. The minimum atomic E-state index is -0.789. The van der Waals surface area contributed by atoms with Crippen molar-refractivity contribution in [3.63, 3.8) is 0 Å². The van der Waals surface area contributed by atoms with Crippen molar-refractivity contribution >= 4 is 0 Å². The van der Waals surface area contributed by atoms with E-state index in [4.69, 9.17) is 4.74 Å². The largest absolute Gasteiger partial charge is 0.389 e. The molecule has 1 saturated carbocycles. The first-order valence-corrected chi connectivity index (χ1v) is 7.22. The molecule has 2 rings (SSSR count). The van der Waals surface area contributed by atoms with Crippen molar-refractivity contribution in [1.82, 2.24) is 5.32 Å². The van der Waals surface area contributed by atoms with Gasteiger partial charge in [-0.05, 0) is 43.4 Å². The summed E-state index contributed by atoms with van der Waals surface area (Å²) < 4.78 is 18.0. The number of benzene rings is 1. The van der Waals surface area contributed by atoms with Gasteiger partial charge in [0, 0.05) is 32.7 Å². The van der Waals surface area contributed by atoms with Gasteiger partial charge in [-0.15, -0.1) is 0 Å². The third-order valence-corrected chi connectivity index (χ3v) is 3.87. The van der Waals surface area contributed by atoms with E-state index in [1.165, 1.54) is 25.0 Å². The van der Waals surface area contributed by atoms with Gasteiger partial charge in [-0.1, -0.05) is 12.1 Å². The minimum absolute atomic E-state index is 0.199. The topological polar surface area (TPSA) is 41.5 Å². The average Bonchev–Trinajstić information content (AvgIpc) is 3.23. The van der Waals surface area contributed by atoms with Gasteiger partial charge in [-0.2, -0.15) is 0 Å². The van der Waals surface area contributed by atoms with Crippen LogP contribution in [-0.4, -0.2) is 31.0 Å². The molecule has 1 fully saturated rings. The quantitative estimate of drug-likeness (QED) is 0.769. The number of aliphatic hydroxyl groups is 1. The monoisotopic (exact) mass is 281 g/mol. The van der Waals surface area contributed by atoms with Gasteiger partial charge in [0.25, 0.3) is 0 Å². The molecule has 4 heteroatoms. The Labute approximate surface area is 120 Å². The summed E-state index contributed by atoms with van der Waals surface area (Å²) in [6.45, 7) is 2.86. The molecule has 1 aromatic carbocycles. The van der Waals surface area contributed by atoms with Gasteiger partial charge in [0.1, 0.15) is 5.82 Å². The number of rotatable bonds is 8. The predicted octanol–water partition coefficient (Wildman–Crippen LogP) is 2.65. The Morgan fingerprint density at radius 3 is 2.60 bits per heavy atom. The summed E-state index contributed by atoms with van der Waals surface area (Å²) in [4.78, 5) is 0. The van der Waals surface area contributed by atoms with E-state index in [-0.39, 0.29) is 11.9 Å². The van der Waals surface area contributed by atoms with Crippen molar-refractivity contribution < 1.29 is 14.2 Å². The molecule has 1 aromatic rings. The fourth-order valence-corrected chi connectivity index (χ4v) is 2.40. The highest BCUT2D eigenvalue weighted by Crippen LogP contribution is 2.41. The predicted molar refractivity (Wildman–Crippen MR) is 77.0 cm³/mol. The number of hydrogen-bond donors (Lipinski definition) is 2. The summed E-state index contributed by atoms with van der Waals surface area (Å²) in [5, 5.41) is 13.7. The van der Waals surface area contributed by atoms with E-state index in [1.54, 1.807) is 7.11 Å². The Balaban J connectivity index is 1.94. The van der Waals surface area contributed by atoms with Gasteiger partial charge in [0.15, 0.2) is 0 Å². The molecule has 112 valence electrons. The fraction of sp³-hybridized carbons (Fsp3) is 0.625. The number of nitrogens with one attached hydrogen (secondary N) is 1. The highest BCUT2D eigenvalue weighted by atomic mass is 19.1. The van der Waals surface area contributed by atoms with Gasteiger partial charge in [0.2, 0.25) is 0 Å². The zero-order valence-electron chi connectivity index (χ0n) is 12.2. The van der Waals surface area contributed by atoms with E-state index in [9.17, 15) is 9.50 Å². The lowest BCUT2D eigenvalue weighted by Crippen LogP contribution is -2.40. The molecular formula is C16H24FNO2. The molecule has 3 nitrogen and oxygen atoms in total. The first-order valence-electron chi connectivity index (χ1n) is 7.22. The summed E-state index contributed by atoms with van der Waals surface area (Å²) in [6, 6.07) is 6.85. The van der Waals surface area contributed by atoms with Gasteiger partial charge < -0.3 is 15.2 Å². The third kappa shape index (κ3) is 4.54. The van der Waals surface area contributed by atoms with Crippen LogP contribution in [0.2, 0.25) is 0 Å². The van der Waals surface area contributed by atoms with Crippen molar-refractivity contribution in [2.24, 2.45) is 5.92 Å². The second kappa shape index (κ2) is 6.66. The summed E-state index contributed by atoms with van der Waals surface area (Å²) in [5.41, 5.74) is 0.305. The maximum atomic E-state index is 13.0. The average molecular weight is 281 g/mol. The van der Waals surface area contributed by atoms with E-state index < -0.39 is 5.60 Å². The summed E-state index contributed by atoms with van der Waals surface area (Å²) >= 11 is 0. The van der Waals surface area contributed by atoms with Crippen LogP contribution in [0.15, 0.2) is 24.3 Å².